The van der Waals surface area contributed by atoms with Gasteiger partial charge >= 0.3 is 0 Å². The molecule has 0 unspecified atom stereocenters. The summed E-state index contributed by atoms with van der Waals surface area (Å²) >= 11 is 1.21. The molecule has 3 aromatic rings. The number of benzene rings is 2. The maximum atomic E-state index is 12.5. The molecule has 0 radical (unpaired) electrons. The molecular formula is C21H22N6O4S. The second kappa shape index (κ2) is 9.96. The average Bonchev–Trinajstić information content (AvgIpc) is 3.20. The highest BCUT2D eigenvalue weighted by Gasteiger charge is 2.16. The molecule has 1 heterocycles. The van der Waals surface area contributed by atoms with E-state index in [0.717, 1.165) is 5.56 Å². The molecule has 10 nitrogen and oxygen atoms in total. The number of ether oxygens (including phenoxy) is 1. The minimum atomic E-state index is -0.737. The number of methoxy groups -OCH3 is 1. The van der Waals surface area contributed by atoms with Gasteiger partial charge in [-0.15, -0.1) is 10.2 Å². The molecule has 5 N–H and O–H groups in total. The number of nitrogens with two attached hydrogens (primary N) is 2. The maximum absolute atomic E-state index is 12.5. The molecule has 0 fully saturated rings. The minimum Gasteiger partial charge on any atom is -0.497 e. The van der Waals surface area contributed by atoms with Gasteiger partial charge in [0.1, 0.15) is 5.75 Å². The summed E-state index contributed by atoms with van der Waals surface area (Å²) in [5, 5.41) is 11.7. The van der Waals surface area contributed by atoms with Gasteiger partial charge in [0.05, 0.1) is 12.9 Å². The van der Waals surface area contributed by atoms with Gasteiger partial charge in [-0.05, 0) is 37.3 Å². The number of anilines is 1. The number of nitrogens with zero attached hydrogens (tertiary/aromatic N) is 3. The highest BCUT2D eigenvalue weighted by Crippen LogP contribution is 2.26. The molecule has 0 aliphatic rings. The van der Waals surface area contributed by atoms with Gasteiger partial charge in [-0.3, -0.25) is 14.4 Å². The Morgan fingerprint density at radius 1 is 1.06 bits per heavy atom. The third-order valence-corrected chi connectivity index (χ3v) is 5.45. The third-order valence-electron chi connectivity index (χ3n) is 4.48. The van der Waals surface area contributed by atoms with Crippen LogP contribution in [0.15, 0.2) is 47.6 Å². The van der Waals surface area contributed by atoms with Crippen LogP contribution in [0.5, 0.6) is 5.75 Å². The predicted octanol–water partition coefficient (Wildman–Crippen LogP) is 1.90. The lowest BCUT2D eigenvalue weighted by atomic mass is 10.1. The van der Waals surface area contributed by atoms with Gasteiger partial charge in [0, 0.05) is 28.9 Å². The molecule has 3 amide bonds. The largest absolute Gasteiger partial charge is 0.497 e. The van der Waals surface area contributed by atoms with Crippen molar-refractivity contribution in [2.45, 2.75) is 18.6 Å². The van der Waals surface area contributed by atoms with E-state index in [1.807, 2.05) is 35.8 Å². The van der Waals surface area contributed by atoms with E-state index >= 15 is 0 Å². The van der Waals surface area contributed by atoms with Crippen LogP contribution in [0.2, 0.25) is 0 Å². The zero-order chi connectivity index (χ0) is 23.3. The highest BCUT2D eigenvalue weighted by atomic mass is 32.2. The number of primary amides is 2. The number of nitrogens with one attached hydrogen (secondary N) is 1. The fourth-order valence-corrected chi connectivity index (χ4v) is 3.77. The summed E-state index contributed by atoms with van der Waals surface area (Å²) in [6.45, 7) is 2.56. The van der Waals surface area contributed by atoms with Crippen molar-refractivity contribution in [2.75, 3.05) is 18.2 Å². The molecule has 1 aromatic heterocycles. The fourth-order valence-electron chi connectivity index (χ4n) is 2.97. The standard InChI is InChI=1S/C21H22N6O4S/c1-3-27-20(12-5-4-6-16(10-12)31-2)25-26-21(27)32-11-17(28)24-15-8-13(18(22)29)7-14(9-15)19(23)30/h4-10H,3,11H2,1-2H3,(H2,22,29)(H2,23,30)(H,24,28). The van der Waals surface area contributed by atoms with Crippen LogP contribution < -0.4 is 21.5 Å². The number of carbonyl (C=O) groups excluding carboxylic acids is 3. The van der Waals surface area contributed by atoms with Crippen molar-refractivity contribution in [1.29, 1.82) is 0 Å². The second-order valence-electron chi connectivity index (χ2n) is 6.65. The first-order valence-corrected chi connectivity index (χ1v) is 10.6. The Kier molecular flexibility index (Phi) is 7.11. The van der Waals surface area contributed by atoms with Gasteiger partial charge in [-0.1, -0.05) is 23.9 Å². The molecule has 11 heteroatoms. The van der Waals surface area contributed by atoms with Crippen molar-refractivity contribution < 1.29 is 19.1 Å². The Morgan fingerprint density at radius 3 is 2.34 bits per heavy atom. The van der Waals surface area contributed by atoms with Crippen LogP contribution in [0.1, 0.15) is 27.6 Å². The Labute approximate surface area is 188 Å². The van der Waals surface area contributed by atoms with Crippen LogP contribution in [0.3, 0.4) is 0 Å². The highest BCUT2D eigenvalue weighted by molar-refractivity contribution is 7.99. The lowest BCUT2D eigenvalue weighted by Gasteiger charge is -2.10. The second-order valence-corrected chi connectivity index (χ2v) is 7.59. The summed E-state index contributed by atoms with van der Waals surface area (Å²) < 4.78 is 7.16. The SMILES string of the molecule is CCn1c(SCC(=O)Nc2cc(C(N)=O)cc(C(N)=O)c2)nnc1-c1cccc(OC)c1. The number of amides is 3. The van der Waals surface area contributed by atoms with Gasteiger partial charge in [-0.2, -0.15) is 0 Å². The summed E-state index contributed by atoms with van der Waals surface area (Å²) in [5.41, 5.74) is 11.8. The first kappa shape index (κ1) is 22.8. The molecule has 0 saturated carbocycles. The Hall–Kier alpha value is -3.86. The summed E-state index contributed by atoms with van der Waals surface area (Å²) in [7, 11) is 1.59. The lowest BCUT2D eigenvalue weighted by Crippen LogP contribution is -2.19. The van der Waals surface area contributed by atoms with Gasteiger partial charge in [-0.25, -0.2) is 0 Å². The smallest absolute Gasteiger partial charge is 0.248 e. The molecule has 32 heavy (non-hydrogen) atoms. The predicted molar refractivity (Wildman–Crippen MR) is 121 cm³/mol. The number of rotatable bonds is 9. The van der Waals surface area contributed by atoms with Crippen molar-refractivity contribution in [2.24, 2.45) is 11.5 Å². The number of carbonyl (C=O) groups is 3. The molecule has 0 aliphatic carbocycles. The molecule has 0 aliphatic heterocycles. The van der Waals surface area contributed by atoms with Crippen molar-refractivity contribution in [3.8, 4) is 17.1 Å². The molecule has 0 saturated heterocycles. The van der Waals surface area contributed by atoms with Gasteiger partial charge in [0.2, 0.25) is 17.7 Å². The van der Waals surface area contributed by atoms with Gasteiger partial charge in [0.25, 0.3) is 0 Å². The summed E-state index contributed by atoms with van der Waals surface area (Å²) in [6, 6.07) is 11.5. The fraction of sp³-hybridized carbons (Fsp3) is 0.190. The first-order chi connectivity index (χ1) is 15.3. The number of hydrogen-bond donors (Lipinski definition) is 3. The molecule has 166 valence electrons. The number of aromatic nitrogens is 3. The van der Waals surface area contributed by atoms with E-state index in [0.29, 0.717) is 23.3 Å². The molecule has 2 aromatic carbocycles. The monoisotopic (exact) mass is 454 g/mol. The Bertz CT molecular complexity index is 1140. The topological polar surface area (TPSA) is 155 Å². The van der Waals surface area contributed by atoms with E-state index in [-0.39, 0.29) is 28.5 Å². The van der Waals surface area contributed by atoms with Crippen LogP contribution in [0.25, 0.3) is 11.4 Å². The quantitative estimate of drug-likeness (QED) is 0.417. The molecule has 3 rings (SSSR count). The average molecular weight is 455 g/mol. The zero-order valence-electron chi connectivity index (χ0n) is 17.5. The molecule has 0 atom stereocenters. The number of thioether (sulfide) groups is 1. The zero-order valence-corrected chi connectivity index (χ0v) is 18.3. The lowest BCUT2D eigenvalue weighted by molar-refractivity contribution is -0.113. The van der Waals surface area contributed by atoms with Crippen LogP contribution in [-0.4, -0.2) is 45.3 Å². The van der Waals surface area contributed by atoms with Crippen LogP contribution in [-0.2, 0) is 11.3 Å². The van der Waals surface area contributed by atoms with Crippen molar-refractivity contribution in [3.63, 3.8) is 0 Å². The van der Waals surface area contributed by atoms with E-state index in [2.05, 4.69) is 15.5 Å². The summed E-state index contributed by atoms with van der Waals surface area (Å²) in [6.07, 6.45) is 0. The summed E-state index contributed by atoms with van der Waals surface area (Å²) in [4.78, 5) is 35.4. The first-order valence-electron chi connectivity index (χ1n) is 9.57. The molecule has 0 bridgehead atoms. The van der Waals surface area contributed by atoms with E-state index in [1.54, 1.807) is 7.11 Å². The van der Waals surface area contributed by atoms with Crippen molar-refractivity contribution in [1.82, 2.24) is 14.8 Å². The molecule has 0 spiro atoms. The van der Waals surface area contributed by atoms with Gasteiger partial charge in [0.15, 0.2) is 11.0 Å². The van der Waals surface area contributed by atoms with Crippen LogP contribution in [0, 0.1) is 0 Å². The van der Waals surface area contributed by atoms with Crippen LogP contribution >= 0.6 is 11.8 Å². The van der Waals surface area contributed by atoms with E-state index in [1.165, 1.54) is 30.0 Å². The third kappa shape index (κ3) is 5.24. The summed E-state index contributed by atoms with van der Waals surface area (Å²) in [5.74, 6) is -0.438. The number of hydrogen-bond acceptors (Lipinski definition) is 7. The molecular weight excluding hydrogens is 432 g/mol. The Balaban J connectivity index is 1.74. The van der Waals surface area contributed by atoms with E-state index in [9.17, 15) is 14.4 Å². The van der Waals surface area contributed by atoms with Crippen molar-refractivity contribution >= 4 is 35.2 Å². The van der Waals surface area contributed by atoms with Crippen LogP contribution in [0.4, 0.5) is 5.69 Å². The maximum Gasteiger partial charge on any atom is 0.248 e. The normalized spacial score (nSPS) is 10.6. The van der Waals surface area contributed by atoms with E-state index < -0.39 is 11.8 Å². The van der Waals surface area contributed by atoms with Crippen molar-refractivity contribution in [3.05, 3.63) is 53.6 Å². The van der Waals surface area contributed by atoms with E-state index in [4.69, 9.17) is 16.2 Å². The van der Waals surface area contributed by atoms with Gasteiger partial charge < -0.3 is 26.1 Å². The minimum absolute atomic E-state index is 0.0307. The Morgan fingerprint density at radius 2 is 1.75 bits per heavy atom.